The summed E-state index contributed by atoms with van der Waals surface area (Å²) in [5.41, 5.74) is 0. The minimum Gasteiger partial charge on any atom is -0.307 e. The summed E-state index contributed by atoms with van der Waals surface area (Å²) in [4.78, 5) is 10.6. The number of carbonyl (C=O) groups excluding carboxylic acids is 1. The molecule has 1 aliphatic rings. The number of carbonyl (C=O) groups is 1. The fourth-order valence-electron chi connectivity index (χ4n) is 1.05. The lowest BCUT2D eigenvalue weighted by molar-refractivity contribution is -0.121. The Bertz CT molecular complexity index is 114. The molecule has 0 aromatic heterocycles. The third-order valence-corrected chi connectivity index (χ3v) is 1.58. The van der Waals surface area contributed by atoms with Crippen LogP contribution in [0.1, 0.15) is 12.8 Å². The fourth-order valence-corrected chi connectivity index (χ4v) is 1.05. The molecule has 60 valence electrons. The smallest absolute Gasteiger partial charge is 0.180 e. The van der Waals surface area contributed by atoms with Gasteiger partial charge in [-0.1, -0.05) is 0 Å². The molecule has 0 radical (unpaired) electrons. The molecule has 0 aromatic carbocycles. The van der Waals surface area contributed by atoms with Crippen molar-refractivity contribution >= 4 is 18.2 Å². The number of halogens is 2. The maximum Gasteiger partial charge on any atom is 0.180 e. The molecule has 1 N–H and O–H groups in total. The van der Waals surface area contributed by atoms with E-state index in [0.717, 1.165) is 19.4 Å². The van der Waals surface area contributed by atoms with Gasteiger partial charge in [0.15, 0.2) is 5.78 Å². The number of ketones is 1. The van der Waals surface area contributed by atoms with Gasteiger partial charge in [0.05, 0.1) is 6.04 Å². The van der Waals surface area contributed by atoms with E-state index >= 15 is 0 Å². The van der Waals surface area contributed by atoms with Gasteiger partial charge < -0.3 is 5.32 Å². The van der Waals surface area contributed by atoms with Crippen molar-refractivity contribution in [1.82, 2.24) is 5.32 Å². The molecule has 0 amide bonds. The first kappa shape index (κ1) is 9.85. The second kappa shape index (κ2) is 4.63. The molecule has 10 heavy (non-hydrogen) atoms. The van der Waals surface area contributed by atoms with E-state index in [0.29, 0.717) is 0 Å². The van der Waals surface area contributed by atoms with E-state index in [1.54, 1.807) is 0 Å². The zero-order valence-corrected chi connectivity index (χ0v) is 6.42. The highest BCUT2D eigenvalue weighted by Gasteiger charge is 2.20. The molecule has 2 nitrogen and oxygen atoms in total. The van der Waals surface area contributed by atoms with Crippen LogP contribution in [-0.2, 0) is 4.79 Å². The van der Waals surface area contributed by atoms with Crippen LogP contribution in [0.15, 0.2) is 0 Å². The second-order valence-electron chi connectivity index (χ2n) is 2.25. The number of Topliss-reactive ketones (excluding diaryl/α,β-unsaturated/α-hetero) is 1. The average Bonchev–Trinajstić information content (AvgIpc) is 2.37. The summed E-state index contributed by atoms with van der Waals surface area (Å²) >= 11 is 0. The first-order valence-electron chi connectivity index (χ1n) is 3.16. The van der Waals surface area contributed by atoms with Crippen LogP contribution in [0.3, 0.4) is 0 Å². The van der Waals surface area contributed by atoms with Crippen LogP contribution in [0, 0.1) is 0 Å². The highest BCUT2D eigenvalue weighted by Crippen LogP contribution is 2.05. The van der Waals surface area contributed by atoms with E-state index in [9.17, 15) is 9.18 Å². The van der Waals surface area contributed by atoms with Crippen molar-refractivity contribution in [1.29, 1.82) is 0 Å². The molecule has 1 saturated heterocycles. The Kier molecular flexibility index (Phi) is 4.56. The van der Waals surface area contributed by atoms with Crippen LogP contribution < -0.4 is 5.32 Å². The quantitative estimate of drug-likeness (QED) is 0.656. The van der Waals surface area contributed by atoms with Gasteiger partial charge in [-0.05, 0) is 19.4 Å². The predicted molar refractivity (Wildman–Crippen MR) is 39.3 cm³/mol. The SMILES string of the molecule is Cl.O=C(CF)C1CCCN1. The highest BCUT2D eigenvalue weighted by molar-refractivity contribution is 5.85. The van der Waals surface area contributed by atoms with Crippen molar-refractivity contribution < 1.29 is 9.18 Å². The lowest BCUT2D eigenvalue weighted by Crippen LogP contribution is -2.31. The van der Waals surface area contributed by atoms with Gasteiger partial charge in [-0.2, -0.15) is 0 Å². The summed E-state index contributed by atoms with van der Waals surface area (Å²) in [6.07, 6.45) is 1.80. The first-order valence-corrected chi connectivity index (χ1v) is 3.16. The average molecular weight is 168 g/mol. The highest BCUT2D eigenvalue weighted by atomic mass is 35.5. The van der Waals surface area contributed by atoms with Gasteiger partial charge >= 0.3 is 0 Å². The number of alkyl halides is 1. The molecule has 1 rings (SSSR count). The molecule has 1 unspecified atom stereocenters. The van der Waals surface area contributed by atoms with E-state index in [1.807, 2.05) is 0 Å². The second-order valence-corrected chi connectivity index (χ2v) is 2.25. The Morgan fingerprint density at radius 3 is 2.80 bits per heavy atom. The van der Waals surface area contributed by atoms with Gasteiger partial charge in [-0.25, -0.2) is 4.39 Å². The number of hydrogen-bond donors (Lipinski definition) is 1. The Labute approximate surface area is 65.6 Å². The molecule has 1 atom stereocenters. The van der Waals surface area contributed by atoms with Crippen LogP contribution in [0.2, 0.25) is 0 Å². The first-order chi connectivity index (χ1) is 4.34. The van der Waals surface area contributed by atoms with E-state index in [4.69, 9.17) is 0 Å². The van der Waals surface area contributed by atoms with Crippen LogP contribution in [0.4, 0.5) is 4.39 Å². The molecule has 1 heterocycles. The van der Waals surface area contributed by atoms with E-state index in [-0.39, 0.29) is 24.2 Å². The van der Waals surface area contributed by atoms with Gasteiger partial charge in [0, 0.05) is 0 Å². The van der Waals surface area contributed by atoms with Crippen molar-refractivity contribution in [3.8, 4) is 0 Å². The molecular weight excluding hydrogens is 157 g/mol. The van der Waals surface area contributed by atoms with Crippen molar-refractivity contribution in [3.05, 3.63) is 0 Å². The van der Waals surface area contributed by atoms with E-state index in [1.165, 1.54) is 0 Å². The van der Waals surface area contributed by atoms with Crippen molar-refractivity contribution in [2.24, 2.45) is 0 Å². The normalized spacial score (nSPS) is 23.9. The topological polar surface area (TPSA) is 29.1 Å². The lowest BCUT2D eigenvalue weighted by atomic mass is 10.1. The molecule has 0 aromatic rings. The third-order valence-electron chi connectivity index (χ3n) is 1.58. The van der Waals surface area contributed by atoms with Crippen molar-refractivity contribution in [2.75, 3.05) is 13.2 Å². The van der Waals surface area contributed by atoms with Crippen molar-refractivity contribution in [2.45, 2.75) is 18.9 Å². The van der Waals surface area contributed by atoms with E-state index < -0.39 is 6.67 Å². The summed E-state index contributed by atoms with van der Waals surface area (Å²) in [7, 11) is 0. The Hall–Kier alpha value is -0.150. The lowest BCUT2D eigenvalue weighted by Gasteiger charge is -2.03. The van der Waals surface area contributed by atoms with Gasteiger partial charge in [0.2, 0.25) is 0 Å². The summed E-state index contributed by atoms with van der Waals surface area (Å²) < 4.78 is 11.6. The van der Waals surface area contributed by atoms with Crippen LogP contribution in [0.5, 0.6) is 0 Å². The zero-order chi connectivity index (χ0) is 6.69. The maximum absolute atomic E-state index is 11.6. The molecule has 0 spiro atoms. The molecule has 1 fully saturated rings. The minimum atomic E-state index is -0.822. The van der Waals surface area contributed by atoms with Crippen molar-refractivity contribution in [3.63, 3.8) is 0 Å². The van der Waals surface area contributed by atoms with Gasteiger partial charge in [-0.15, -0.1) is 12.4 Å². The van der Waals surface area contributed by atoms with Crippen LogP contribution >= 0.6 is 12.4 Å². The van der Waals surface area contributed by atoms with E-state index in [2.05, 4.69) is 5.32 Å². The Balaban J connectivity index is 0.000000810. The minimum absolute atomic E-state index is 0. The Morgan fingerprint density at radius 1 is 1.70 bits per heavy atom. The van der Waals surface area contributed by atoms with Gasteiger partial charge in [0.25, 0.3) is 0 Å². The summed E-state index contributed by atoms with van der Waals surface area (Å²) in [6.45, 7) is 0.0358. The number of nitrogens with one attached hydrogen (secondary N) is 1. The molecule has 0 bridgehead atoms. The third kappa shape index (κ3) is 2.23. The molecule has 1 aliphatic heterocycles. The maximum atomic E-state index is 11.6. The monoisotopic (exact) mass is 167 g/mol. The largest absolute Gasteiger partial charge is 0.307 e. The zero-order valence-electron chi connectivity index (χ0n) is 5.60. The fraction of sp³-hybridized carbons (Fsp3) is 0.833. The predicted octanol–water partition coefficient (Wildman–Crippen LogP) is 0.699. The molecular formula is C6H11ClFNO. The number of rotatable bonds is 2. The van der Waals surface area contributed by atoms with Crippen LogP contribution in [0.25, 0.3) is 0 Å². The summed E-state index contributed by atoms with van der Waals surface area (Å²) in [6, 6.07) is -0.185. The summed E-state index contributed by atoms with van der Waals surface area (Å²) in [5.74, 6) is -0.299. The molecule has 0 aliphatic carbocycles. The Morgan fingerprint density at radius 2 is 2.40 bits per heavy atom. The van der Waals surface area contributed by atoms with Gasteiger partial charge in [-0.3, -0.25) is 4.79 Å². The number of hydrogen-bond acceptors (Lipinski definition) is 2. The van der Waals surface area contributed by atoms with Gasteiger partial charge in [0.1, 0.15) is 6.67 Å². The van der Waals surface area contributed by atoms with Crippen LogP contribution in [-0.4, -0.2) is 25.0 Å². The summed E-state index contributed by atoms with van der Waals surface area (Å²) in [5, 5.41) is 2.92. The standard InChI is InChI=1S/C6H10FNO.ClH/c7-4-6(9)5-2-1-3-8-5;/h5,8H,1-4H2;1H. The molecule has 4 heteroatoms. The molecule has 0 saturated carbocycles.